The number of benzene rings is 1. The van der Waals surface area contributed by atoms with Crippen molar-refractivity contribution in [3.05, 3.63) is 53.6 Å². The van der Waals surface area contributed by atoms with Crippen LogP contribution in [-0.2, 0) is 0 Å². The lowest BCUT2D eigenvalue weighted by Crippen LogP contribution is -2.47. The van der Waals surface area contributed by atoms with Gasteiger partial charge in [0.1, 0.15) is 0 Å². The van der Waals surface area contributed by atoms with Gasteiger partial charge in [0.2, 0.25) is 0 Å². The van der Waals surface area contributed by atoms with Crippen LogP contribution in [0.15, 0.2) is 48.1 Å². The Kier molecular flexibility index (Phi) is 5.74. The highest BCUT2D eigenvalue weighted by Gasteiger charge is 2.20. The minimum absolute atomic E-state index is 0.131. The molecule has 1 aliphatic carbocycles. The zero-order valence-corrected chi connectivity index (χ0v) is 15.6. The largest absolute Gasteiger partial charge is 0.369 e. The molecule has 0 saturated carbocycles. The summed E-state index contributed by atoms with van der Waals surface area (Å²) in [7, 11) is 0. The zero-order chi connectivity index (χ0) is 17.8. The van der Waals surface area contributed by atoms with Crippen molar-refractivity contribution in [1.82, 2.24) is 4.90 Å². The lowest BCUT2D eigenvalue weighted by Gasteiger charge is -2.37. The highest BCUT2D eigenvalue weighted by Crippen LogP contribution is 2.28. The molecule has 0 radical (unpaired) electrons. The molecule has 3 heteroatoms. The van der Waals surface area contributed by atoms with E-state index in [-0.39, 0.29) is 5.78 Å². The number of Topliss-reactive ketones (excluding diaryl/α,β-unsaturated/α-hetero) is 1. The predicted octanol–water partition coefficient (Wildman–Crippen LogP) is 4.31. The van der Waals surface area contributed by atoms with Crippen molar-refractivity contribution in [2.24, 2.45) is 5.92 Å². The molecule has 3 nitrogen and oxygen atoms in total. The number of rotatable bonds is 5. The molecule has 0 amide bonds. The molecule has 1 heterocycles. The van der Waals surface area contributed by atoms with E-state index >= 15 is 0 Å². The first-order valence-electron chi connectivity index (χ1n) is 9.44. The second kappa shape index (κ2) is 8.01. The molecule has 0 spiro atoms. The quantitative estimate of drug-likeness (QED) is 0.590. The molecule has 2 aliphatic rings. The van der Waals surface area contributed by atoms with Gasteiger partial charge < -0.3 is 4.90 Å². The monoisotopic (exact) mass is 338 g/mol. The number of allylic oxidation sites excluding steroid dienone is 2. The van der Waals surface area contributed by atoms with Crippen LogP contribution in [-0.4, -0.2) is 43.4 Å². The van der Waals surface area contributed by atoms with Crippen molar-refractivity contribution in [2.75, 3.05) is 37.6 Å². The van der Waals surface area contributed by atoms with Crippen LogP contribution in [0, 0.1) is 5.92 Å². The Labute approximate surface area is 152 Å². The Balaban J connectivity index is 1.49. The molecule has 3 rings (SSSR count). The van der Waals surface area contributed by atoms with E-state index < -0.39 is 0 Å². The lowest BCUT2D eigenvalue weighted by atomic mass is 9.85. The van der Waals surface area contributed by atoms with Crippen molar-refractivity contribution in [3.63, 3.8) is 0 Å². The summed E-state index contributed by atoms with van der Waals surface area (Å²) in [4.78, 5) is 16.4. The molecule has 1 aromatic rings. The molecule has 1 atom stereocenters. The molecule has 1 unspecified atom stereocenters. The van der Waals surface area contributed by atoms with Crippen LogP contribution < -0.4 is 4.90 Å². The van der Waals surface area contributed by atoms with Gasteiger partial charge in [-0.1, -0.05) is 23.8 Å². The fraction of sp³-hybridized carbons (Fsp3) is 0.500. The van der Waals surface area contributed by atoms with Crippen molar-refractivity contribution < 1.29 is 4.79 Å². The SMILES string of the molecule is C=C(C)C1CC=C(CN2CCN(c3ccc(C(C)=O)cc3)CC2)CC1. The molecule has 1 aliphatic heterocycles. The van der Waals surface area contributed by atoms with E-state index in [0.717, 1.165) is 38.3 Å². The molecule has 0 bridgehead atoms. The van der Waals surface area contributed by atoms with E-state index in [1.807, 2.05) is 12.1 Å². The predicted molar refractivity (Wildman–Crippen MR) is 105 cm³/mol. The van der Waals surface area contributed by atoms with Gasteiger partial charge in [0, 0.05) is 44.0 Å². The minimum Gasteiger partial charge on any atom is -0.369 e. The highest BCUT2D eigenvalue weighted by atomic mass is 16.1. The summed E-state index contributed by atoms with van der Waals surface area (Å²) < 4.78 is 0. The van der Waals surface area contributed by atoms with E-state index in [2.05, 4.69) is 41.5 Å². The topological polar surface area (TPSA) is 23.6 Å². The van der Waals surface area contributed by atoms with E-state index in [4.69, 9.17) is 0 Å². The van der Waals surface area contributed by atoms with Crippen LogP contribution in [0.25, 0.3) is 0 Å². The Morgan fingerprint density at radius 2 is 1.80 bits per heavy atom. The fourth-order valence-electron chi connectivity index (χ4n) is 3.84. The minimum atomic E-state index is 0.131. The number of piperazine rings is 1. The maximum absolute atomic E-state index is 11.4. The van der Waals surface area contributed by atoms with Crippen LogP contribution in [0.1, 0.15) is 43.5 Å². The Morgan fingerprint density at radius 3 is 2.32 bits per heavy atom. The first-order valence-corrected chi connectivity index (χ1v) is 9.44. The van der Waals surface area contributed by atoms with Crippen LogP contribution in [0.5, 0.6) is 0 Å². The zero-order valence-electron chi connectivity index (χ0n) is 15.6. The van der Waals surface area contributed by atoms with Crippen molar-refractivity contribution in [3.8, 4) is 0 Å². The second-order valence-electron chi connectivity index (χ2n) is 7.55. The first-order chi connectivity index (χ1) is 12.0. The highest BCUT2D eigenvalue weighted by molar-refractivity contribution is 5.94. The third kappa shape index (κ3) is 4.60. The number of carbonyl (C=O) groups excluding carboxylic acids is 1. The molecular weight excluding hydrogens is 308 g/mol. The molecular formula is C22H30N2O. The van der Waals surface area contributed by atoms with Crippen molar-refractivity contribution in [2.45, 2.75) is 33.1 Å². The summed E-state index contributed by atoms with van der Waals surface area (Å²) in [6.07, 6.45) is 6.12. The molecule has 1 fully saturated rings. The number of carbonyl (C=O) groups is 1. The maximum Gasteiger partial charge on any atom is 0.159 e. The standard InChI is InChI=1S/C22H30N2O/c1-17(2)20-6-4-19(5-7-20)16-23-12-14-24(15-13-23)22-10-8-21(9-11-22)18(3)25/h4,8-11,20H,1,5-7,12-16H2,2-3H3. The Hall–Kier alpha value is -1.87. The normalized spacial score (nSPS) is 21.8. The molecule has 1 saturated heterocycles. The molecule has 0 N–H and O–H groups in total. The number of hydrogen-bond donors (Lipinski definition) is 0. The number of ketones is 1. The summed E-state index contributed by atoms with van der Waals surface area (Å²) in [6.45, 7) is 13.3. The van der Waals surface area contributed by atoms with E-state index in [0.29, 0.717) is 5.92 Å². The van der Waals surface area contributed by atoms with E-state index in [1.54, 1.807) is 12.5 Å². The summed E-state index contributed by atoms with van der Waals surface area (Å²) in [5.41, 5.74) is 4.96. The van der Waals surface area contributed by atoms with Gasteiger partial charge in [-0.2, -0.15) is 0 Å². The average molecular weight is 338 g/mol. The van der Waals surface area contributed by atoms with Gasteiger partial charge >= 0.3 is 0 Å². The van der Waals surface area contributed by atoms with Gasteiger partial charge in [-0.25, -0.2) is 0 Å². The Bertz CT molecular complexity index is 651. The molecule has 25 heavy (non-hydrogen) atoms. The van der Waals surface area contributed by atoms with Gasteiger partial charge in [-0.05, 0) is 63.3 Å². The summed E-state index contributed by atoms with van der Waals surface area (Å²) in [5.74, 6) is 0.824. The third-order valence-corrected chi connectivity index (χ3v) is 5.64. The van der Waals surface area contributed by atoms with Crippen LogP contribution in [0.2, 0.25) is 0 Å². The van der Waals surface area contributed by atoms with Crippen molar-refractivity contribution in [1.29, 1.82) is 0 Å². The van der Waals surface area contributed by atoms with Crippen LogP contribution >= 0.6 is 0 Å². The summed E-state index contributed by atoms with van der Waals surface area (Å²) in [5, 5.41) is 0. The van der Waals surface area contributed by atoms with Gasteiger partial charge in [0.05, 0.1) is 0 Å². The second-order valence-corrected chi connectivity index (χ2v) is 7.55. The fourth-order valence-corrected chi connectivity index (χ4v) is 3.84. The summed E-state index contributed by atoms with van der Waals surface area (Å²) >= 11 is 0. The molecule has 1 aromatic carbocycles. The van der Waals surface area contributed by atoms with E-state index in [9.17, 15) is 4.79 Å². The Morgan fingerprint density at radius 1 is 1.12 bits per heavy atom. The average Bonchev–Trinajstić information content (AvgIpc) is 2.63. The maximum atomic E-state index is 11.4. The van der Waals surface area contributed by atoms with Crippen molar-refractivity contribution >= 4 is 11.5 Å². The van der Waals surface area contributed by atoms with Crippen LogP contribution in [0.3, 0.4) is 0 Å². The lowest BCUT2D eigenvalue weighted by molar-refractivity contribution is 0.101. The van der Waals surface area contributed by atoms with Gasteiger partial charge in [0.25, 0.3) is 0 Å². The van der Waals surface area contributed by atoms with E-state index in [1.165, 1.54) is 30.5 Å². The number of anilines is 1. The first kappa shape index (κ1) is 17.9. The number of nitrogens with zero attached hydrogens (tertiary/aromatic N) is 2. The third-order valence-electron chi connectivity index (χ3n) is 5.64. The molecule has 0 aromatic heterocycles. The van der Waals surface area contributed by atoms with Gasteiger partial charge in [-0.15, -0.1) is 0 Å². The van der Waals surface area contributed by atoms with Crippen LogP contribution in [0.4, 0.5) is 5.69 Å². The number of hydrogen-bond acceptors (Lipinski definition) is 3. The van der Waals surface area contributed by atoms with Gasteiger partial charge in [-0.3, -0.25) is 9.69 Å². The smallest absolute Gasteiger partial charge is 0.159 e. The van der Waals surface area contributed by atoms with Gasteiger partial charge in [0.15, 0.2) is 5.78 Å². The molecule has 134 valence electrons. The summed E-state index contributed by atoms with van der Waals surface area (Å²) in [6, 6.07) is 8.03.